The second-order valence-electron chi connectivity index (χ2n) is 5.61. The number of hydrogen-bond acceptors (Lipinski definition) is 4. The summed E-state index contributed by atoms with van der Waals surface area (Å²) in [7, 11) is 0. The van der Waals surface area contributed by atoms with E-state index in [1.165, 1.54) is 0 Å². The van der Waals surface area contributed by atoms with Crippen molar-refractivity contribution >= 4 is 17.8 Å². The van der Waals surface area contributed by atoms with Gasteiger partial charge in [-0.25, -0.2) is 4.79 Å². The average molecular weight is 275 g/mol. The fourth-order valence-electron chi connectivity index (χ4n) is 1.90. The lowest BCUT2D eigenvalue weighted by atomic mass is 9.87. The Bertz CT molecular complexity index is 542. The number of rotatable bonds is 4. The summed E-state index contributed by atoms with van der Waals surface area (Å²) >= 11 is 0. The van der Waals surface area contributed by atoms with Crippen molar-refractivity contribution in [3.63, 3.8) is 0 Å². The molecule has 0 N–H and O–H groups in total. The van der Waals surface area contributed by atoms with Crippen molar-refractivity contribution in [2.75, 3.05) is 0 Å². The van der Waals surface area contributed by atoms with Crippen LogP contribution in [0.5, 0.6) is 0 Å². The summed E-state index contributed by atoms with van der Waals surface area (Å²) in [5.74, 6) is -1.76. The molecule has 0 aliphatic carbocycles. The molecule has 0 bridgehead atoms. The molecule has 1 aliphatic rings. The van der Waals surface area contributed by atoms with Crippen LogP contribution in [0.1, 0.15) is 54.3 Å². The van der Waals surface area contributed by atoms with Crippen molar-refractivity contribution in [1.82, 2.24) is 5.06 Å². The first-order valence-electron chi connectivity index (χ1n) is 6.54. The van der Waals surface area contributed by atoms with E-state index in [-0.39, 0.29) is 23.0 Å². The summed E-state index contributed by atoms with van der Waals surface area (Å²) in [5, 5.41) is 0.554. The molecule has 0 atom stereocenters. The molecular formula is C15H17NO4. The molecule has 1 aromatic carbocycles. The molecule has 2 amide bonds. The lowest BCUT2D eigenvalue weighted by molar-refractivity contribution is -0.171. The number of benzene rings is 1. The molecule has 0 saturated carbocycles. The van der Waals surface area contributed by atoms with Crippen molar-refractivity contribution in [2.24, 2.45) is 5.41 Å². The van der Waals surface area contributed by atoms with Crippen LogP contribution >= 0.6 is 0 Å². The maximum absolute atomic E-state index is 12.0. The monoisotopic (exact) mass is 275 g/mol. The van der Waals surface area contributed by atoms with Crippen LogP contribution in [0.4, 0.5) is 0 Å². The van der Waals surface area contributed by atoms with Gasteiger partial charge in [0.2, 0.25) is 0 Å². The van der Waals surface area contributed by atoms with Crippen LogP contribution < -0.4 is 0 Å². The van der Waals surface area contributed by atoms with E-state index in [2.05, 4.69) is 0 Å². The Morgan fingerprint density at radius 2 is 1.65 bits per heavy atom. The Morgan fingerprint density at radius 3 is 2.10 bits per heavy atom. The molecule has 2 rings (SSSR count). The number of amides is 2. The molecule has 0 unspecified atom stereocenters. The molecule has 20 heavy (non-hydrogen) atoms. The Labute approximate surface area is 117 Å². The third kappa shape index (κ3) is 2.57. The number of fused-ring (bicyclic) bond motifs is 1. The lowest BCUT2D eigenvalue weighted by Crippen LogP contribution is -2.34. The summed E-state index contributed by atoms with van der Waals surface area (Å²) in [6.45, 7) is 5.82. The minimum atomic E-state index is -0.590. The van der Waals surface area contributed by atoms with Crippen LogP contribution in [0.3, 0.4) is 0 Å². The lowest BCUT2D eigenvalue weighted by Gasteiger charge is -2.22. The van der Waals surface area contributed by atoms with Gasteiger partial charge < -0.3 is 4.84 Å². The van der Waals surface area contributed by atoms with Gasteiger partial charge in [0.1, 0.15) is 0 Å². The molecule has 1 aromatic rings. The van der Waals surface area contributed by atoms with Crippen molar-refractivity contribution in [3.05, 3.63) is 35.4 Å². The standard InChI is InChI=1S/C15H17NO4/c1-4-15(2,3)9-12(17)20-16-13(18)10-7-5-6-8-11(10)14(16)19/h5-8H,4,9H2,1-3H3. The van der Waals surface area contributed by atoms with E-state index >= 15 is 0 Å². The van der Waals surface area contributed by atoms with Gasteiger partial charge in [-0.3, -0.25) is 9.59 Å². The number of hydrogen-bond donors (Lipinski definition) is 0. The van der Waals surface area contributed by atoms with Gasteiger partial charge in [0.05, 0.1) is 17.5 Å². The van der Waals surface area contributed by atoms with E-state index in [0.29, 0.717) is 5.06 Å². The predicted molar refractivity (Wildman–Crippen MR) is 71.7 cm³/mol. The summed E-state index contributed by atoms with van der Waals surface area (Å²) in [6.07, 6.45) is 0.946. The van der Waals surface area contributed by atoms with Gasteiger partial charge in [0.15, 0.2) is 0 Å². The summed E-state index contributed by atoms with van der Waals surface area (Å²) < 4.78 is 0. The largest absolute Gasteiger partial charge is 0.333 e. The third-order valence-electron chi connectivity index (χ3n) is 3.53. The quantitative estimate of drug-likeness (QED) is 0.792. The normalized spacial score (nSPS) is 14.4. The average Bonchev–Trinajstić information content (AvgIpc) is 2.64. The second-order valence-corrected chi connectivity index (χ2v) is 5.61. The van der Waals surface area contributed by atoms with Crippen LogP contribution in [-0.2, 0) is 9.63 Å². The zero-order valence-electron chi connectivity index (χ0n) is 11.8. The Kier molecular flexibility index (Phi) is 3.61. The first-order valence-corrected chi connectivity index (χ1v) is 6.54. The molecule has 5 nitrogen and oxygen atoms in total. The van der Waals surface area contributed by atoms with Gasteiger partial charge in [-0.1, -0.05) is 44.4 Å². The van der Waals surface area contributed by atoms with E-state index in [0.717, 1.165) is 6.42 Å². The highest BCUT2D eigenvalue weighted by molar-refractivity contribution is 6.20. The van der Waals surface area contributed by atoms with E-state index in [4.69, 9.17) is 4.84 Å². The van der Waals surface area contributed by atoms with Gasteiger partial charge in [0.25, 0.3) is 11.8 Å². The highest BCUT2D eigenvalue weighted by Gasteiger charge is 2.39. The van der Waals surface area contributed by atoms with Crippen molar-refractivity contribution in [2.45, 2.75) is 33.6 Å². The molecule has 106 valence electrons. The number of imide groups is 1. The van der Waals surface area contributed by atoms with Crippen molar-refractivity contribution in [1.29, 1.82) is 0 Å². The van der Waals surface area contributed by atoms with E-state index in [1.807, 2.05) is 20.8 Å². The van der Waals surface area contributed by atoms with E-state index < -0.39 is 17.8 Å². The van der Waals surface area contributed by atoms with E-state index in [9.17, 15) is 14.4 Å². The Morgan fingerprint density at radius 1 is 1.15 bits per heavy atom. The summed E-state index contributed by atoms with van der Waals surface area (Å²) in [5.41, 5.74) is 0.301. The first-order chi connectivity index (χ1) is 9.35. The van der Waals surface area contributed by atoms with Crippen LogP contribution in [0.2, 0.25) is 0 Å². The van der Waals surface area contributed by atoms with Crippen LogP contribution in [0.15, 0.2) is 24.3 Å². The molecule has 0 aromatic heterocycles. The SMILES string of the molecule is CCC(C)(C)CC(=O)ON1C(=O)c2ccccc2C1=O. The fourth-order valence-corrected chi connectivity index (χ4v) is 1.90. The third-order valence-corrected chi connectivity index (χ3v) is 3.53. The van der Waals surface area contributed by atoms with Crippen LogP contribution in [0.25, 0.3) is 0 Å². The highest BCUT2D eigenvalue weighted by Crippen LogP contribution is 2.27. The summed E-state index contributed by atoms with van der Waals surface area (Å²) in [6, 6.07) is 6.41. The molecule has 0 spiro atoms. The Balaban J connectivity index is 2.11. The highest BCUT2D eigenvalue weighted by atomic mass is 16.7. The zero-order chi connectivity index (χ0) is 14.9. The number of nitrogens with zero attached hydrogens (tertiary/aromatic N) is 1. The molecular weight excluding hydrogens is 258 g/mol. The van der Waals surface area contributed by atoms with Crippen molar-refractivity contribution in [3.8, 4) is 0 Å². The van der Waals surface area contributed by atoms with Gasteiger partial charge in [0, 0.05) is 0 Å². The van der Waals surface area contributed by atoms with Gasteiger partial charge in [-0.15, -0.1) is 0 Å². The minimum Gasteiger partial charge on any atom is -0.330 e. The van der Waals surface area contributed by atoms with Gasteiger partial charge in [-0.05, 0) is 17.5 Å². The maximum atomic E-state index is 12.0. The van der Waals surface area contributed by atoms with Gasteiger partial charge in [-0.2, -0.15) is 0 Å². The molecule has 1 heterocycles. The zero-order valence-corrected chi connectivity index (χ0v) is 11.8. The maximum Gasteiger partial charge on any atom is 0.333 e. The van der Waals surface area contributed by atoms with Gasteiger partial charge >= 0.3 is 5.97 Å². The molecule has 1 aliphatic heterocycles. The molecule has 0 radical (unpaired) electrons. The van der Waals surface area contributed by atoms with E-state index in [1.54, 1.807) is 24.3 Å². The molecule has 5 heteroatoms. The van der Waals surface area contributed by atoms with Crippen LogP contribution in [0, 0.1) is 5.41 Å². The van der Waals surface area contributed by atoms with Crippen LogP contribution in [-0.4, -0.2) is 22.8 Å². The number of hydroxylamine groups is 2. The smallest absolute Gasteiger partial charge is 0.330 e. The number of carbonyl (C=O) groups excluding carboxylic acids is 3. The topological polar surface area (TPSA) is 63.7 Å². The second kappa shape index (κ2) is 5.07. The first kappa shape index (κ1) is 14.2. The molecule has 0 fully saturated rings. The summed E-state index contributed by atoms with van der Waals surface area (Å²) in [4.78, 5) is 40.8. The minimum absolute atomic E-state index is 0.150. The fraction of sp³-hybridized carbons (Fsp3) is 0.400. The van der Waals surface area contributed by atoms with Crippen molar-refractivity contribution < 1.29 is 19.2 Å². The number of carbonyl (C=O) groups is 3. The molecule has 0 saturated heterocycles. The Hall–Kier alpha value is -2.17. The predicted octanol–water partition coefficient (Wildman–Crippen LogP) is 2.57.